The van der Waals surface area contributed by atoms with E-state index in [2.05, 4.69) is 50.4 Å². The molecule has 0 fully saturated rings. The van der Waals surface area contributed by atoms with Crippen molar-refractivity contribution in [3.8, 4) is 0 Å². The summed E-state index contributed by atoms with van der Waals surface area (Å²) < 4.78 is 0. The van der Waals surface area contributed by atoms with E-state index in [-0.39, 0.29) is 0 Å². The molecule has 2 N–H and O–H groups in total. The molecule has 1 rings (SSSR count). The number of aliphatic hydroxyl groups is 1. The van der Waals surface area contributed by atoms with Crippen molar-refractivity contribution in [2.75, 3.05) is 13.2 Å². The van der Waals surface area contributed by atoms with Crippen molar-refractivity contribution in [2.45, 2.75) is 39.7 Å². The first-order valence-corrected chi connectivity index (χ1v) is 6.58. The zero-order chi connectivity index (χ0) is 12.7. The minimum absolute atomic E-state index is 0.291. The second kappa shape index (κ2) is 7.46. The highest BCUT2D eigenvalue weighted by molar-refractivity contribution is 5.23. The molecule has 0 radical (unpaired) electrons. The van der Waals surface area contributed by atoms with Crippen molar-refractivity contribution in [1.82, 2.24) is 5.32 Å². The molecule has 1 aromatic carbocycles. The fraction of sp³-hybridized carbons (Fsp3) is 0.600. The fourth-order valence-corrected chi connectivity index (χ4v) is 1.95. The van der Waals surface area contributed by atoms with Crippen LogP contribution in [-0.4, -0.2) is 18.3 Å². The lowest BCUT2D eigenvalue weighted by Crippen LogP contribution is -2.26. The van der Waals surface area contributed by atoms with Crippen LogP contribution in [0.5, 0.6) is 0 Å². The third-order valence-corrected chi connectivity index (χ3v) is 3.40. The molecule has 0 spiro atoms. The van der Waals surface area contributed by atoms with E-state index in [1.807, 2.05) is 0 Å². The highest BCUT2D eigenvalue weighted by Gasteiger charge is 2.09. The van der Waals surface area contributed by atoms with E-state index in [1.165, 1.54) is 11.1 Å². The first-order valence-electron chi connectivity index (χ1n) is 6.58. The Bertz CT molecular complexity index is 307. The van der Waals surface area contributed by atoms with Gasteiger partial charge in [-0.05, 0) is 38.3 Å². The zero-order valence-electron chi connectivity index (χ0n) is 11.2. The molecule has 17 heavy (non-hydrogen) atoms. The number of aryl methyl sites for hydroxylation is 1. The van der Waals surface area contributed by atoms with Crippen LogP contribution in [0.3, 0.4) is 0 Å². The lowest BCUT2D eigenvalue weighted by Gasteiger charge is -2.19. The van der Waals surface area contributed by atoms with Gasteiger partial charge < -0.3 is 10.4 Å². The van der Waals surface area contributed by atoms with E-state index in [4.69, 9.17) is 5.11 Å². The van der Waals surface area contributed by atoms with Crippen LogP contribution in [0.4, 0.5) is 0 Å². The molecule has 0 aliphatic rings. The second-order valence-corrected chi connectivity index (χ2v) is 4.83. The summed E-state index contributed by atoms with van der Waals surface area (Å²) in [4.78, 5) is 0. The first-order chi connectivity index (χ1) is 8.17. The highest BCUT2D eigenvalue weighted by Crippen LogP contribution is 2.14. The number of aliphatic hydroxyl groups excluding tert-OH is 1. The molecule has 2 atom stereocenters. The molecule has 0 saturated carbocycles. The van der Waals surface area contributed by atoms with Gasteiger partial charge in [-0.25, -0.2) is 0 Å². The van der Waals surface area contributed by atoms with Crippen molar-refractivity contribution < 1.29 is 5.11 Å². The molecule has 0 aromatic heterocycles. The standard InChI is InChI=1S/C15H25NO/c1-4-14(9-10-17)11-16-13(3)15-7-5-12(2)6-8-15/h5-8,13-14,16-17H,4,9-11H2,1-3H3. The van der Waals surface area contributed by atoms with Crippen LogP contribution in [0.1, 0.15) is 43.9 Å². The van der Waals surface area contributed by atoms with Gasteiger partial charge in [0, 0.05) is 12.6 Å². The summed E-state index contributed by atoms with van der Waals surface area (Å²) in [5, 5.41) is 12.5. The molecule has 2 unspecified atom stereocenters. The molecule has 2 nitrogen and oxygen atoms in total. The van der Waals surface area contributed by atoms with E-state index in [9.17, 15) is 0 Å². The fourth-order valence-electron chi connectivity index (χ4n) is 1.95. The maximum absolute atomic E-state index is 8.95. The summed E-state index contributed by atoms with van der Waals surface area (Å²) in [6, 6.07) is 9.04. The Morgan fingerprint density at radius 1 is 1.24 bits per heavy atom. The van der Waals surface area contributed by atoms with Crippen LogP contribution in [0.25, 0.3) is 0 Å². The van der Waals surface area contributed by atoms with Crippen molar-refractivity contribution >= 4 is 0 Å². The van der Waals surface area contributed by atoms with Gasteiger partial charge in [0.05, 0.1) is 0 Å². The summed E-state index contributed by atoms with van der Waals surface area (Å²) >= 11 is 0. The van der Waals surface area contributed by atoms with Crippen LogP contribution in [0.2, 0.25) is 0 Å². The quantitative estimate of drug-likeness (QED) is 0.761. The van der Waals surface area contributed by atoms with Crippen molar-refractivity contribution in [3.63, 3.8) is 0 Å². The normalized spacial score (nSPS) is 14.6. The third kappa shape index (κ3) is 4.88. The maximum atomic E-state index is 8.95. The van der Waals surface area contributed by atoms with Gasteiger partial charge in [0.2, 0.25) is 0 Å². The van der Waals surface area contributed by atoms with E-state index >= 15 is 0 Å². The molecular formula is C15H25NO. The van der Waals surface area contributed by atoms with Gasteiger partial charge in [0.25, 0.3) is 0 Å². The van der Waals surface area contributed by atoms with Gasteiger partial charge in [-0.1, -0.05) is 43.2 Å². The summed E-state index contributed by atoms with van der Waals surface area (Å²) in [6.07, 6.45) is 2.01. The third-order valence-electron chi connectivity index (χ3n) is 3.40. The lowest BCUT2D eigenvalue weighted by molar-refractivity contribution is 0.249. The summed E-state index contributed by atoms with van der Waals surface area (Å²) in [7, 11) is 0. The largest absolute Gasteiger partial charge is 0.396 e. The molecule has 0 amide bonds. The predicted octanol–water partition coefficient (Wildman–Crippen LogP) is 3.05. The molecule has 0 bridgehead atoms. The number of benzene rings is 1. The molecule has 0 aliphatic carbocycles. The van der Waals surface area contributed by atoms with E-state index in [0.29, 0.717) is 18.6 Å². The van der Waals surface area contributed by atoms with Gasteiger partial charge in [-0.3, -0.25) is 0 Å². The van der Waals surface area contributed by atoms with Gasteiger partial charge in [0.15, 0.2) is 0 Å². The Morgan fingerprint density at radius 3 is 2.41 bits per heavy atom. The first kappa shape index (κ1) is 14.2. The van der Waals surface area contributed by atoms with E-state index < -0.39 is 0 Å². The Hall–Kier alpha value is -0.860. The van der Waals surface area contributed by atoms with Crippen LogP contribution >= 0.6 is 0 Å². The molecule has 1 aromatic rings. The Kier molecular flexibility index (Phi) is 6.23. The maximum Gasteiger partial charge on any atom is 0.0434 e. The molecular weight excluding hydrogens is 210 g/mol. The molecule has 96 valence electrons. The highest BCUT2D eigenvalue weighted by atomic mass is 16.3. The number of rotatable bonds is 7. The van der Waals surface area contributed by atoms with Gasteiger partial charge in [-0.15, -0.1) is 0 Å². The zero-order valence-corrected chi connectivity index (χ0v) is 11.2. The lowest BCUT2D eigenvalue weighted by atomic mass is 10.0. The van der Waals surface area contributed by atoms with E-state index in [0.717, 1.165) is 19.4 Å². The Balaban J connectivity index is 2.43. The van der Waals surface area contributed by atoms with Crippen LogP contribution in [0.15, 0.2) is 24.3 Å². The topological polar surface area (TPSA) is 32.3 Å². The SMILES string of the molecule is CCC(CCO)CNC(C)c1ccc(C)cc1. The van der Waals surface area contributed by atoms with Crippen molar-refractivity contribution in [2.24, 2.45) is 5.92 Å². The molecule has 0 aliphatic heterocycles. The monoisotopic (exact) mass is 235 g/mol. The molecule has 0 saturated heterocycles. The van der Waals surface area contributed by atoms with Crippen molar-refractivity contribution in [1.29, 1.82) is 0 Å². The number of hydrogen-bond acceptors (Lipinski definition) is 2. The minimum atomic E-state index is 0.291. The van der Waals surface area contributed by atoms with Gasteiger partial charge in [0.1, 0.15) is 0 Å². The smallest absolute Gasteiger partial charge is 0.0434 e. The van der Waals surface area contributed by atoms with Crippen molar-refractivity contribution in [3.05, 3.63) is 35.4 Å². The average molecular weight is 235 g/mol. The summed E-state index contributed by atoms with van der Waals surface area (Å²) in [5.74, 6) is 0.577. The number of hydrogen-bond donors (Lipinski definition) is 2. The van der Waals surface area contributed by atoms with Crippen LogP contribution < -0.4 is 5.32 Å². The Labute approximate surface area is 105 Å². The van der Waals surface area contributed by atoms with Crippen LogP contribution in [-0.2, 0) is 0 Å². The van der Waals surface area contributed by atoms with Gasteiger partial charge >= 0.3 is 0 Å². The summed E-state index contributed by atoms with van der Waals surface area (Å²) in [6.45, 7) is 7.75. The van der Waals surface area contributed by atoms with Gasteiger partial charge in [-0.2, -0.15) is 0 Å². The van der Waals surface area contributed by atoms with E-state index in [1.54, 1.807) is 0 Å². The Morgan fingerprint density at radius 2 is 1.88 bits per heavy atom. The average Bonchev–Trinajstić information content (AvgIpc) is 2.35. The second-order valence-electron chi connectivity index (χ2n) is 4.83. The predicted molar refractivity (Wildman–Crippen MR) is 73.1 cm³/mol. The number of nitrogens with one attached hydrogen (secondary N) is 1. The summed E-state index contributed by atoms with van der Waals surface area (Å²) in [5.41, 5.74) is 2.63. The molecule has 2 heteroatoms. The van der Waals surface area contributed by atoms with Crippen LogP contribution in [0, 0.1) is 12.8 Å². The molecule has 0 heterocycles. The minimum Gasteiger partial charge on any atom is -0.396 e.